The van der Waals surface area contributed by atoms with Gasteiger partial charge in [-0.2, -0.15) is 11.8 Å². The molecule has 0 aliphatic carbocycles. The summed E-state index contributed by atoms with van der Waals surface area (Å²) in [5, 5.41) is 13.8. The number of pyridine rings is 1. The van der Waals surface area contributed by atoms with Crippen LogP contribution in [0.15, 0.2) is 30.4 Å². The van der Waals surface area contributed by atoms with Gasteiger partial charge in [-0.15, -0.1) is 0 Å². The van der Waals surface area contributed by atoms with Crippen LogP contribution < -0.4 is 11.1 Å². The normalized spacial score (nSPS) is 21.8. The molecular formula is C14H18ClN5O4S. The molecule has 1 aromatic heterocycles. The van der Waals surface area contributed by atoms with Crippen molar-refractivity contribution in [2.75, 3.05) is 25.8 Å². The van der Waals surface area contributed by atoms with E-state index in [0.29, 0.717) is 11.3 Å². The van der Waals surface area contributed by atoms with Gasteiger partial charge in [0.2, 0.25) is 5.66 Å². The molecule has 1 fully saturated rings. The van der Waals surface area contributed by atoms with Gasteiger partial charge in [0.25, 0.3) is 6.20 Å². The zero-order valence-electron chi connectivity index (χ0n) is 13.6. The van der Waals surface area contributed by atoms with Crippen molar-refractivity contribution in [3.8, 4) is 0 Å². The predicted molar refractivity (Wildman–Crippen MR) is 94.2 cm³/mol. The van der Waals surface area contributed by atoms with Crippen molar-refractivity contribution in [1.82, 2.24) is 15.2 Å². The first-order valence-electron chi connectivity index (χ1n) is 7.22. The van der Waals surface area contributed by atoms with Gasteiger partial charge in [0.15, 0.2) is 12.6 Å². The van der Waals surface area contributed by atoms with E-state index in [1.165, 1.54) is 29.9 Å². The van der Waals surface area contributed by atoms with Crippen molar-refractivity contribution in [3.05, 3.63) is 51.2 Å². The minimum absolute atomic E-state index is 0.0597. The molecule has 1 aliphatic heterocycles. The standard InChI is InChI=1S/C14H18ClN5O4S/c1-17-11(6-20(22)23)19-8-24-13(21)14(19,16)10(7-25-2)9-4-3-5-18-12(9)15/h3-6,10,17H,7-8,16H2,1-2H3/b11-6+. The lowest BCUT2D eigenvalue weighted by Gasteiger charge is -2.38. The number of esters is 1. The van der Waals surface area contributed by atoms with Gasteiger partial charge in [0.1, 0.15) is 5.15 Å². The van der Waals surface area contributed by atoms with Crippen molar-refractivity contribution >= 4 is 29.3 Å². The van der Waals surface area contributed by atoms with Gasteiger partial charge in [-0.05, 0) is 17.9 Å². The molecule has 0 amide bonds. The summed E-state index contributed by atoms with van der Waals surface area (Å²) in [6, 6.07) is 3.42. The van der Waals surface area contributed by atoms with Crippen LogP contribution in [0.5, 0.6) is 0 Å². The van der Waals surface area contributed by atoms with Crippen molar-refractivity contribution in [1.29, 1.82) is 0 Å². The minimum atomic E-state index is -1.67. The van der Waals surface area contributed by atoms with E-state index >= 15 is 0 Å². The summed E-state index contributed by atoms with van der Waals surface area (Å²) in [5.41, 5.74) is 5.38. The number of nitrogens with one attached hydrogen (secondary N) is 1. The third-order valence-electron chi connectivity index (χ3n) is 3.90. The highest BCUT2D eigenvalue weighted by atomic mass is 35.5. The van der Waals surface area contributed by atoms with Gasteiger partial charge in [0, 0.05) is 24.9 Å². The maximum absolute atomic E-state index is 12.5. The Bertz CT molecular complexity index is 704. The second kappa shape index (κ2) is 7.89. The number of carbonyl (C=O) groups is 1. The molecule has 0 radical (unpaired) electrons. The van der Waals surface area contributed by atoms with Gasteiger partial charge < -0.3 is 10.1 Å². The Labute approximate surface area is 153 Å². The van der Waals surface area contributed by atoms with Crippen LogP contribution in [0.3, 0.4) is 0 Å². The molecule has 9 nitrogen and oxygen atoms in total. The fourth-order valence-electron chi connectivity index (χ4n) is 2.70. The highest BCUT2D eigenvalue weighted by molar-refractivity contribution is 7.98. The fourth-order valence-corrected chi connectivity index (χ4v) is 3.72. The van der Waals surface area contributed by atoms with E-state index in [1.807, 2.05) is 6.26 Å². The molecule has 2 unspecified atom stereocenters. The van der Waals surface area contributed by atoms with Crippen LogP contribution in [0.25, 0.3) is 0 Å². The molecule has 0 bridgehead atoms. The highest BCUT2D eigenvalue weighted by Gasteiger charge is 2.55. The molecule has 2 rings (SSSR count). The van der Waals surface area contributed by atoms with Gasteiger partial charge in [-0.1, -0.05) is 17.7 Å². The summed E-state index contributed by atoms with van der Waals surface area (Å²) in [4.78, 5) is 28.2. The maximum atomic E-state index is 12.5. The van der Waals surface area contributed by atoms with E-state index in [2.05, 4.69) is 10.3 Å². The van der Waals surface area contributed by atoms with Gasteiger partial charge in [-0.25, -0.2) is 9.78 Å². The number of hydrogen-bond acceptors (Lipinski definition) is 9. The lowest BCUT2D eigenvalue weighted by molar-refractivity contribution is -0.405. The molecule has 2 heterocycles. The highest BCUT2D eigenvalue weighted by Crippen LogP contribution is 2.39. The molecule has 0 aromatic carbocycles. The van der Waals surface area contributed by atoms with E-state index in [0.717, 1.165) is 6.20 Å². The number of thioether (sulfide) groups is 1. The first kappa shape index (κ1) is 19.3. The summed E-state index contributed by atoms with van der Waals surface area (Å²) in [7, 11) is 1.50. The first-order chi connectivity index (χ1) is 11.9. The lowest BCUT2D eigenvalue weighted by atomic mass is 9.88. The van der Waals surface area contributed by atoms with Crippen molar-refractivity contribution in [3.63, 3.8) is 0 Å². The Morgan fingerprint density at radius 2 is 2.48 bits per heavy atom. The Balaban J connectivity index is 2.57. The van der Waals surface area contributed by atoms with Crippen LogP contribution in [0, 0.1) is 10.1 Å². The number of hydrogen-bond donors (Lipinski definition) is 2. The fraction of sp³-hybridized carbons (Fsp3) is 0.429. The monoisotopic (exact) mass is 387 g/mol. The maximum Gasteiger partial charge on any atom is 0.349 e. The average molecular weight is 388 g/mol. The van der Waals surface area contributed by atoms with Crippen LogP contribution >= 0.6 is 23.4 Å². The first-order valence-corrected chi connectivity index (χ1v) is 8.99. The summed E-state index contributed by atoms with van der Waals surface area (Å²) in [6.07, 6.45) is 4.13. The third-order valence-corrected chi connectivity index (χ3v) is 4.88. The number of nitro groups is 1. The molecule has 0 spiro atoms. The number of nitrogens with zero attached hydrogens (tertiary/aromatic N) is 3. The summed E-state index contributed by atoms with van der Waals surface area (Å²) >= 11 is 7.66. The quantitative estimate of drug-likeness (QED) is 0.304. The van der Waals surface area contributed by atoms with Crippen LogP contribution in [-0.2, 0) is 9.53 Å². The Kier molecular flexibility index (Phi) is 6.09. The SMILES string of the molecule is CN/C(=C\[N+](=O)[O-])N1COC(=O)C1(N)C(CSC)c1cccnc1Cl. The molecular weight excluding hydrogens is 370 g/mol. The summed E-state index contributed by atoms with van der Waals surface area (Å²) in [5.74, 6) is -0.786. The molecule has 11 heteroatoms. The molecule has 25 heavy (non-hydrogen) atoms. The molecule has 2 atom stereocenters. The molecule has 0 saturated carbocycles. The van der Waals surface area contributed by atoms with Gasteiger partial charge >= 0.3 is 5.97 Å². The number of aromatic nitrogens is 1. The van der Waals surface area contributed by atoms with E-state index < -0.39 is 22.5 Å². The topological polar surface area (TPSA) is 124 Å². The molecule has 1 saturated heterocycles. The van der Waals surface area contributed by atoms with Crippen LogP contribution in [-0.4, -0.2) is 52.2 Å². The van der Waals surface area contributed by atoms with E-state index in [1.54, 1.807) is 12.1 Å². The Morgan fingerprint density at radius 3 is 3.04 bits per heavy atom. The second-order valence-electron chi connectivity index (χ2n) is 5.26. The van der Waals surface area contributed by atoms with Crippen LogP contribution in [0.1, 0.15) is 11.5 Å². The Morgan fingerprint density at radius 1 is 1.76 bits per heavy atom. The van der Waals surface area contributed by atoms with Gasteiger partial charge in [0.05, 0.1) is 4.92 Å². The zero-order valence-corrected chi connectivity index (χ0v) is 15.2. The third kappa shape index (κ3) is 3.65. The summed E-state index contributed by atoms with van der Waals surface area (Å²) in [6.45, 7) is -0.210. The molecule has 136 valence electrons. The van der Waals surface area contributed by atoms with Crippen molar-refractivity contribution in [2.45, 2.75) is 11.6 Å². The van der Waals surface area contributed by atoms with Crippen LogP contribution in [0.2, 0.25) is 5.15 Å². The average Bonchev–Trinajstić information content (AvgIpc) is 2.87. The van der Waals surface area contributed by atoms with Gasteiger partial charge in [-0.3, -0.25) is 20.7 Å². The molecule has 1 aliphatic rings. The number of cyclic esters (lactones) is 1. The van der Waals surface area contributed by atoms with Crippen molar-refractivity contribution in [2.24, 2.45) is 5.73 Å². The van der Waals surface area contributed by atoms with E-state index in [-0.39, 0.29) is 17.7 Å². The van der Waals surface area contributed by atoms with Crippen LogP contribution in [0.4, 0.5) is 0 Å². The van der Waals surface area contributed by atoms with Crippen molar-refractivity contribution < 1.29 is 14.5 Å². The van der Waals surface area contributed by atoms with E-state index in [9.17, 15) is 14.9 Å². The zero-order chi connectivity index (χ0) is 18.6. The number of nitrogens with two attached hydrogens (primary N) is 1. The predicted octanol–water partition coefficient (Wildman–Crippen LogP) is 0.948. The largest absolute Gasteiger partial charge is 0.441 e. The number of ether oxygens (including phenoxy) is 1. The minimum Gasteiger partial charge on any atom is -0.441 e. The number of halogens is 1. The smallest absolute Gasteiger partial charge is 0.349 e. The molecule has 1 aromatic rings. The number of carbonyl (C=O) groups excluding carboxylic acids is 1. The number of rotatable bonds is 7. The Hall–Kier alpha value is -2.04. The second-order valence-corrected chi connectivity index (χ2v) is 6.52. The summed E-state index contributed by atoms with van der Waals surface area (Å²) < 4.78 is 5.12. The molecule has 3 N–H and O–H groups in total. The lowest BCUT2D eigenvalue weighted by Crippen LogP contribution is -2.61. The van der Waals surface area contributed by atoms with E-state index in [4.69, 9.17) is 22.1 Å².